The molecule has 0 saturated heterocycles. The highest BCUT2D eigenvalue weighted by Gasteiger charge is 2.12. The summed E-state index contributed by atoms with van der Waals surface area (Å²) < 4.78 is 0. The summed E-state index contributed by atoms with van der Waals surface area (Å²) in [5.41, 5.74) is 0.679. The maximum atomic E-state index is 10.7. The van der Waals surface area contributed by atoms with Crippen molar-refractivity contribution in [3.05, 3.63) is 18.0 Å². The maximum Gasteiger partial charge on any atom is 0.356 e. The van der Waals surface area contributed by atoms with Crippen molar-refractivity contribution in [1.29, 1.82) is 0 Å². The van der Waals surface area contributed by atoms with E-state index >= 15 is 0 Å². The number of thiazole rings is 1. The molecule has 7 heteroatoms. The van der Waals surface area contributed by atoms with Gasteiger partial charge >= 0.3 is 5.97 Å². The molecule has 0 fully saturated rings. The number of anilines is 1. The topological polar surface area (TPSA) is 82.1 Å². The van der Waals surface area contributed by atoms with E-state index in [4.69, 9.17) is 5.11 Å². The summed E-state index contributed by atoms with van der Waals surface area (Å²) in [4.78, 5) is 17.6. The Balaban J connectivity index is 2.31. The molecule has 84 valence electrons. The van der Waals surface area contributed by atoms with Crippen molar-refractivity contribution in [2.75, 3.05) is 19.0 Å². The Labute approximate surface area is 95.6 Å². The number of hydrogen-bond donors (Lipinski definition) is 2. The zero-order valence-corrected chi connectivity index (χ0v) is 9.58. The number of nitrogens with zero attached hydrogens (tertiary/aromatic N) is 3. The highest BCUT2D eigenvalue weighted by molar-refractivity contribution is 7.18. The van der Waals surface area contributed by atoms with Gasteiger partial charge in [0.2, 0.25) is 0 Å². The first-order chi connectivity index (χ1) is 7.58. The molecular formula is C9H10N4O2S. The fraction of sp³-hybridized carbons (Fsp3) is 0.222. The molecule has 16 heavy (non-hydrogen) atoms. The third-order valence-electron chi connectivity index (χ3n) is 1.94. The SMILES string of the molecule is CN(C)c1ncc(-c2cc(C(=O)O)n[nH]2)s1. The van der Waals surface area contributed by atoms with Gasteiger partial charge in [0.05, 0.1) is 10.6 Å². The molecule has 0 bridgehead atoms. The lowest BCUT2D eigenvalue weighted by atomic mass is 10.3. The molecule has 0 spiro atoms. The number of aromatic carboxylic acids is 1. The van der Waals surface area contributed by atoms with Crippen LogP contribution in [0, 0.1) is 0 Å². The first-order valence-corrected chi connectivity index (χ1v) is 5.32. The molecule has 0 radical (unpaired) electrons. The second-order valence-electron chi connectivity index (χ2n) is 3.37. The lowest BCUT2D eigenvalue weighted by Crippen LogP contribution is -2.07. The number of nitrogens with one attached hydrogen (secondary N) is 1. The van der Waals surface area contributed by atoms with Gasteiger partial charge in [0, 0.05) is 20.3 Å². The molecule has 2 rings (SSSR count). The molecule has 6 nitrogen and oxygen atoms in total. The number of carbonyl (C=O) groups is 1. The van der Waals surface area contributed by atoms with Crippen molar-refractivity contribution >= 4 is 22.4 Å². The lowest BCUT2D eigenvalue weighted by Gasteiger charge is -2.04. The average molecular weight is 238 g/mol. The molecule has 0 amide bonds. The fourth-order valence-electron chi connectivity index (χ4n) is 1.15. The lowest BCUT2D eigenvalue weighted by molar-refractivity contribution is 0.0690. The molecule has 0 aromatic carbocycles. The van der Waals surface area contributed by atoms with Gasteiger partial charge in [0.15, 0.2) is 10.8 Å². The minimum atomic E-state index is -1.04. The monoisotopic (exact) mass is 238 g/mol. The minimum absolute atomic E-state index is 0.00908. The molecule has 2 aromatic heterocycles. The van der Waals surface area contributed by atoms with Crippen LogP contribution in [-0.2, 0) is 0 Å². The van der Waals surface area contributed by atoms with Gasteiger partial charge in [-0.2, -0.15) is 5.10 Å². The number of rotatable bonds is 3. The van der Waals surface area contributed by atoms with Crippen LogP contribution in [0.2, 0.25) is 0 Å². The molecule has 0 unspecified atom stereocenters. The van der Waals surface area contributed by atoms with Gasteiger partial charge in [0.25, 0.3) is 0 Å². The van der Waals surface area contributed by atoms with Gasteiger partial charge < -0.3 is 10.0 Å². The molecule has 0 atom stereocenters. The van der Waals surface area contributed by atoms with E-state index in [9.17, 15) is 4.79 Å². The molecule has 0 aliphatic rings. The molecule has 0 saturated carbocycles. The standard InChI is InChI=1S/C9H10N4O2S/c1-13(2)9-10-4-7(16-9)5-3-6(8(14)15)12-11-5/h3-4H,1-2H3,(H,11,12)(H,14,15). The van der Waals surface area contributed by atoms with Gasteiger partial charge in [-0.05, 0) is 6.07 Å². The van der Waals surface area contributed by atoms with Crippen molar-refractivity contribution in [3.8, 4) is 10.6 Å². The average Bonchev–Trinajstić information content (AvgIpc) is 2.86. The summed E-state index contributed by atoms with van der Waals surface area (Å²) >= 11 is 1.47. The summed E-state index contributed by atoms with van der Waals surface area (Å²) in [6.45, 7) is 0. The summed E-state index contributed by atoms with van der Waals surface area (Å²) in [6, 6.07) is 1.50. The van der Waals surface area contributed by atoms with E-state index in [0.717, 1.165) is 10.0 Å². The summed E-state index contributed by atoms with van der Waals surface area (Å²) in [7, 11) is 3.80. The largest absolute Gasteiger partial charge is 0.476 e. The molecule has 2 heterocycles. The van der Waals surface area contributed by atoms with Crippen LogP contribution < -0.4 is 4.90 Å². The quantitative estimate of drug-likeness (QED) is 0.842. The Hall–Kier alpha value is -1.89. The van der Waals surface area contributed by atoms with Crippen molar-refractivity contribution in [2.24, 2.45) is 0 Å². The predicted molar refractivity (Wildman–Crippen MR) is 61.0 cm³/mol. The van der Waals surface area contributed by atoms with Crippen LogP contribution >= 0.6 is 11.3 Å². The molecular weight excluding hydrogens is 228 g/mol. The minimum Gasteiger partial charge on any atom is -0.476 e. The van der Waals surface area contributed by atoms with E-state index in [0.29, 0.717) is 5.69 Å². The predicted octanol–water partition coefficient (Wildman–Crippen LogP) is 1.30. The molecule has 0 aliphatic carbocycles. The molecule has 2 aromatic rings. The van der Waals surface area contributed by atoms with E-state index in [1.54, 1.807) is 6.20 Å². The highest BCUT2D eigenvalue weighted by atomic mass is 32.1. The van der Waals surface area contributed by atoms with Gasteiger partial charge in [0.1, 0.15) is 0 Å². The Morgan fingerprint density at radius 2 is 2.31 bits per heavy atom. The summed E-state index contributed by atoms with van der Waals surface area (Å²) in [5, 5.41) is 16.0. The van der Waals surface area contributed by atoms with Crippen LogP contribution in [0.5, 0.6) is 0 Å². The third-order valence-corrected chi connectivity index (χ3v) is 3.14. The van der Waals surface area contributed by atoms with Crippen LogP contribution in [0.1, 0.15) is 10.5 Å². The van der Waals surface area contributed by atoms with E-state index in [2.05, 4.69) is 15.2 Å². The zero-order chi connectivity index (χ0) is 11.7. The van der Waals surface area contributed by atoms with Crippen molar-refractivity contribution < 1.29 is 9.90 Å². The number of H-pyrrole nitrogens is 1. The number of aromatic amines is 1. The maximum absolute atomic E-state index is 10.7. The van der Waals surface area contributed by atoms with Crippen LogP contribution in [0.25, 0.3) is 10.6 Å². The first kappa shape index (κ1) is 10.6. The van der Waals surface area contributed by atoms with E-state index in [1.807, 2.05) is 19.0 Å². The molecule has 2 N–H and O–H groups in total. The van der Waals surface area contributed by atoms with Crippen molar-refractivity contribution in [2.45, 2.75) is 0 Å². The van der Waals surface area contributed by atoms with Crippen molar-refractivity contribution in [3.63, 3.8) is 0 Å². The fourth-order valence-corrected chi connectivity index (χ4v) is 1.96. The Morgan fingerprint density at radius 1 is 1.56 bits per heavy atom. The van der Waals surface area contributed by atoms with Crippen molar-refractivity contribution in [1.82, 2.24) is 15.2 Å². The Kier molecular flexibility index (Phi) is 2.61. The van der Waals surface area contributed by atoms with Gasteiger partial charge in [-0.3, -0.25) is 5.10 Å². The van der Waals surface area contributed by atoms with Crippen LogP contribution in [0.15, 0.2) is 12.3 Å². The third kappa shape index (κ3) is 1.89. The first-order valence-electron chi connectivity index (χ1n) is 4.50. The second kappa shape index (κ2) is 3.93. The zero-order valence-electron chi connectivity index (χ0n) is 8.76. The summed E-state index contributed by atoms with van der Waals surface area (Å²) in [5.74, 6) is -1.04. The van der Waals surface area contributed by atoms with Gasteiger partial charge in [-0.25, -0.2) is 9.78 Å². The Morgan fingerprint density at radius 3 is 2.81 bits per heavy atom. The van der Waals surface area contributed by atoms with Crippen LogP contribution in [-0.4, -0.2) is 40.4 Å². The van der Waals surface area contributed by atoms with Crippen LogP contribution in [0.3, 0.4) is 0 Å². The Bertz CT molecular complexity index is 517. The van der Waals surface area contributed by atoms with E-state index in [1.165, 1.54) is 17.4 Å². The highest BCUT2D eigenvalue weighted by Crippen LogP contribution is 2.28. The second-order valence-corrected chi connectivity index (χ2v) is 4.38. The van der Waals surface area contributed by atoms with E-state index < -0.39 is 5.97 Å². The number of carboxylic acids is 1. The van der Waals surface area contributed by atoms with Gasteiger partial charge in [-0.15, -0.1) is 0 Å². The molecule has 0 aliphatic heterocycles. The number of hydrogen-bond acceptors (Lipinski definition) is 5. The smallest absolute Gasteiger partial charge is 0.356 e. The normalized spacial score (nSPS) is 10.4. The number of aromatic nitrogens is 3. The van der Waals surface area contributed by atoms with E-state index in [-0.39, 0.29) is 5.69 Å². The van der Waals surface area contributed by atoms with Gasteiger partial charge in [-0.1, -0.05) is 11.3 Å². The number of carboxylic acid groups (broad SMARTS) is 1. The van der Waals surface area contributed by atoms with Crippen LogP contribution in [0.4, 0.5) is 5.13 Å². The summed E-state index contributed by atoms with van der Waals surface area (Å²) in [6.07, 6.45) is 1.69.